The molecule has 0 bridgehead atoms. The first-order chi connectivity index (χ1) is 17.7. The lowest BCUT2D eigenvalue weighted by Crippen LogP contribution is -3.00. The molecule has 0 amide bonds. The van der Waals surface area contributed by atoms with Gasteiger partial charge in [-0.15, -0.1) is 0 Å². The Labute approximate surface area is 250 Å². The summed E-state index contributed by atoms with van der Waals surface area (Å²) in [6.07, 6.45) is 26.5. The van der Waals surface area contributed by atoms with Gasteiger partial charge >= 0.3 is 0 Å². The molecule has 1 aromatic carbocycles. The molecule has 0 N–H and O–H groups in total. The van der Waals surface area contributed by atoms with E-state index in [2.05, 4.69) is 52.0 Å². The molecule has 1 rings (SSSR count). The maximum atomic E-state index is 6.18. The average molecular weight is 630 g/mol. The third-order valence-corrected chi connectivity index (χ3v) is 7.99. The standard InChI is InChI=1S/C34H64NO.HI/c1-5-8-11-14-17-20-27-35(28-21-18-15-12-9-6-2,29-22-19-16-13-10-7-3)30-24-31-36-34-26-23-25-33(4)32-34;/h23,25-26,32H,5-22,24,27-31H2,1-4H3;1H/q+1;/p-1. The van der Waals surface area contributed by atoms with Crippen LogP contribution >= 0.6 is 0 Å². The van der Waals surface area contributed by atoms with Gasteiger partial charge in [0.25, 0.3) is 0 Å². The van der Waals surface area contributed by atoms with Crippen molar-refractivity contribution in [1.29, 1.82) is 0 Å². The molecule has 0 fully saturated rings. The molecule has 1 aromatic rings. The molecule has 2 nitrogen and oxygen atoms in total. The van der Waals surface area contributed by atoms with Gasteiger partial charge in [0, 0.05) is 6.42 Å². The lowest BCUT2D eigenvalue weighted by molar-refractivity contribution is -0.929. The number of benzene rings is 1. The molecular formula is C34H64INO. The van der Waals surface area contributed by atoms with Gasteiger partial charge in [-0.05, 0) is 63.1 Å². The predicted octanol–water partition coefficient (Wildman–Crippen LogP) is 7.67. The summed E-state index contributed by atoms with van der Waals surface area (Å²) in [4.78, 5) is 0. The summed E-state index contributed by atoms with van der Waals surface area (Å²) >= 11 is 0. The van der Waals surface area contributed by atoms with E-state index in [1.807, 2.05) is 0 Å². The summed E-state index contributed by atoms with van der Waals surface area (Å²) in [5.74, 6) is 1.04. The van der Waals surface area contributed by atoms with Gasteiger partial charge < -0.3 is 33.2 Å². The summed E-state index contributed by atoms with van der Waals surface area (Å²) in [6.45, 7) is 15.4. The summed E-state index contributed by atoms with van der Waals surface area (Å²) in [6, 6.07) is 8.54. The molecule has 37 heavy (non-hydrogen) atoms. The Kier molecular flexibility index (Phi) is 25.8. The molecule has 0 saturated carbocycles. The number of hydrogen-bond donors (Lipinski definition) is 0. The third-order valence-electron chi connectivity index (χ3n) is 7.99. The van der Waals surface area contributed by atoms with E-state index in [0.717, 1.165) is 12.4 Å². The van der Waals surface area contributed by atoms with E-state index in [1.54, 1.807) is 0 Å². The summed E-state index contributed by atoms with van der Waals surface area (Å²) < 4.78 is 7.54. The van der Waals surface area contributed by atoms with E-state index in [4.69, 9.17) is 4.74 Å². The highest BCUT2D eigenvalue weighted by Crippen LogP contribution is 2.20. The zero-order chi connectivity index (χ0) is 26.2. The Bertz CT molecular complexity index is 564. The molecule has 0 aliphatic rings. The fraction of sp³-hybridized carbons (Fsp3) is 0.824. The number of rotatable bonds is 26. The molecule has 0 atom stereocenters. The zero-order valence-electron chi connectivity index (χ0n) is 25.5. The Hall–Kier alpha value is -0.290. The van der Waals surface area contributed by atoms with Crippen LogP contribution in [0.3, 0.4) is 0 Å². The van der Waals surface area contributed by atoms with Gasteiger partial charge in [-0.25, -0.2) is 0 Å². The summed E-state index contributed by atoms with van der Waals surface area (Å²) in [5.41, 5.74) is 1.28. The van der Waals surface area contributed by atoms with Crippen molar-refractivity contribution in [2.75, 3.05) is 32.8 Å². The SMILES string of the molecule is CCCCCCCC[N+](CCCCCCCC)(CCCCCCCC)CCCOc1cccc(C)c1.[I-]. The molecule has 0 unspecified atom stereocenters. The predicted molar refractivity (Wildman–Crippen MR) is 161 cm³/mol. The van der Waals surface area contributed by atoms with E-state index < -0.39 is 0 Å². The first-order valence-electron chi connectivity index (χ1n) is 16.2. The fourth-order valence-corrected chi connectivity index (χ4v) is 5.65. The van der Waals surface area contributed by atoms with Crippen LogP contribution < -0.4 is 28.7 Å². The van der Waals surface area contributed by atoms with Crippen LogP contribution in [0.4, 0.5) is 0 Å². The normalized spacial score (nSPS) is 11.5. The van der Waals surface area contributed by atoms with E-state index in [0.29, 0.717) is 0 Å². The monoisotopic (exact) mass is 629 g/mol. The van der Waals surface area contributed by atoms with Crippen LogP contribution in [0.5, 0.6) is 5.75 Å². The van der Waals surface area contributed by atoms with E-state index >= 15 is 0 Å². The molecule has 0 heterocycles. The molecule has 0 aromatic heterocycles. The minimum Gasteiger partial charge on any atom is -1.00 e. The highest BCUT2D eigenvalue weighted by Gasteiger charge is 2.26. The molecular weight excluding hydrogens is 565 g/mol. The summed E-state index contributed by atoms with van der Waals surface area (Å²) in [5, 5.41) is 0. The van der Waals surface area contributed by atoms with Crippen molar-refractivity contribution in [2.24, 2.45) is 0 Å². The minimum absolute atomic E-state index is 0. The highest BCUT2D eigenvalue weighted by molar-refractivity contribution is 5.27. The molecule has 3 heteroatoms. The van der Waals surface area contributed by atoms with Crippen molar-refractivity contribution >= 4 is 0 Å². The average Bonchev–Trinajstić information content (AvgIpc) is 2.88. The van der Waals surface area contributed by atoms with Crippen molar-refractivity contribution < 1.29 is 33.2 Å². The first kappa shape index (κ1) is 36.7. The lowest BCUT2D eigenvalue weighted by atomic mass is 10.1. The number of aryl methyl sites for hydroxylation is 1. The minimum atomic E-state index is 0. The number of unbranched alkanes of at least 4 members (excludes halogenated alkanes) is 15. The smallest absolute Gasteiger partial charge is 0.119 e. The Morgan fingerprint density at radius 2 is 0.946 bits per heavy atom. The highest BCUT2D eigenvalue weighted by atomic mass is 127. The molecule has 0 spiro atoms. The Balaban J connectivity index is 0.0000130. The number of nitrogens with zero attached hydrogens (tertiary/aromatic N) is 1. The van der Waals surface area contributed by atoms with Gasteiger partial charge in [0.15, 0.2) is 0 Å². The second-order valence-corrected chi connectivity index (χ2v) is 11.6. The van der Waals surface area contributed by atoms with Crippen molar-refractivity contribution in [2.45, 2.75) is 150 Å². The summed E-state index contributed by atoms with van der Waals surface area (Å²) in [7, 11) is 0. The molecule has 0 saturated heterocycles. The fourth-order valence-electron chi connectivity index (χ4n) is 5.65. The molecule has 0 aliphatic heterocycles. The van der Waals surface area contributed by atoms with Gasteiger partial charge in [0.1, 0.15) is 5.75 Å². The van der Waals surface area contributed by atoms with Crippen LogP contribution in [0.25, 0.3) is 0 Å². The number of hydrogen-bond acceptors (Lipinski definition) is 1. The molecule has 0 radical (unpaired) electrons. The van der Waals surface area contributed by atoms with Crippen LogP contribution in [0.2, 0.25) is 0 Å². The van der Waals surface area contributed by atoms with Crippen LogP contribution in [0.15, 0.2) is 24.3 Å². The number of halogens is 1. The quantitative estimate of drug-likeness (QED) is 0.0581. The van der Waals surface area contributed by atoms with Crippen LogP contribution in [0.1, 0.15) is 148 Å². The zero-order valence-corrected chi connectivity index (χ0v) is 27.7. The second-order valence-electron chi connectivity index (χ2n) is 11.6. The third kappa shape index (κ3) is 20.3. The van der Waals surface area contributed by atoms with Gasteiger partial charge in [-0.1, -0.05) is 110 Å². The van der Waals surface area contributed by atoms with Crippen molar-refractivity contribution in [3.05, 3.63) is 29.8 Å². The van der Waals surface area contributed by atoms with E-state index in [1.165, 1.54) is 158 Å². The van der Waals surface area contributed by atoms with Crippen molar-refractivity contribution in [3.63, 3.8) is 0 Å². The van der Waals surface area contributed by atoms with Crippen molar-refractivity contribution in [3.8, 4) is 5.75 Å². The van der Waals surface area contributed by atoms with Gasteiger partial charge in [-0.3, -0.25) is 0 Å². The van der Waals surface area contributed by atoms with E-state index in [-0.39, 0.29) is 24.0 Å². The van der Waals surface area contributed by atoms with Crippen molar-refractivity contribution in [1.82, 2.24) is 0 Å². The lowest BCUT2D eigenvalue weighted by Gasteiger charge is -2.39. The Morgan fingerprint density at radius 3 is 1.38 bits per heavy atom. The van der Waals surface area contributed by atoms with Gasteiger partial charge in [0.2, 0.25) is 0 Å². The molecule has 218 valence electrons. The second kappa shape index (κ2) is 26.0. The topological polar surface area (TPSA) is 9.23 Å². The maximum Gasteiger partial charge on any atom is 0.119 e. The van der Waals surface area contributed by atoms with Gasteiger partial charge in [-0.2, -0.15) is 0 Å². The van der Waals surface area contributed by atoms with Crippen LogP contribution in [-0.4, -0.2) is 37.3 Å². The van der Waals surface area contributed by atoms with Gasteiger partial charge in [0.05, 0.1) is 32.8 Å². The Morgan fingerprint density at radius 1 is 0.541 bits per heavy atom. The van der Waals surface area contributed by atoms with E-state index in [9.17, 15) is 0 Å². The largest absolute Gasteiger partial charge is 1.00 e. The first-order valence-corrected chi connectivity index (χ1v) is 16.2. The van der Waals surface area contributed by atoms with Crippen LogP contribution in [-0.2, 0) is 0 Å². The number of ether oxygens (including phenoxy) is 1. The van der Waals surface area contributed by atoms with Crippen LogP contribution in [0, 0.1) is 6.92 Å². The molecule has 0 aliphatic carbocycles. The maximum absolute atomic E-state index is 6.18. The number of quaternary nitrogens is 1.